The van der Waals surface area contributed by atoms with Crippen LogP contribution in [0.15, 0.2) is 0 Å². The normalized spacial score (nSPS) is 17.4. The minimum atomic E-state index is 0.326. The lowest BCUT2D eigenvalue weighted by atomic mass is 10.1. The molecule has 0 fully saturated rings. The second-order valence-corrected chi connectivity index (χ2v) is 3.24. The molecule has 0 saturated heterocycles. The fourth-order valence-electron chi connectivity index (χ4n) is 1.17. The molecular formula is C8H20N2. The highest BCUT2D eigenvalue weighted by atomic mass is 15.1. The van der Waals surface area contributed by atoms with Crippen molar-refractivity contribution in [1.82, 2.24) is 4.90 Å². The van der Waals surface area contributed by atoms with Crippen LogP contribution >= 0.6 is 0 Å². The summed E-state index contributed by atoms with van der Waals surface area (Å²) in [6.07, 6.45) is 2.29. The molecule has 0 saturated carbocycles. The van der Waals surface area contributed by atoms with Gasteiger partial charge in [-0.05, 0) is 33.9 Å². The van der Waals surface area contributed by atoms with Crippen LogP contribution in [0, 0.1) is 0 Å². The largest absolute Gasteiger partial charge is 0.328 e. The van der Waals surface area contributed by atoms with Crippen molar-refractivity contribution < 1.29 is 0 Å². The Morgan fingerprint density at radius 2 is 1.90 bits per heavy atom. The van der Waals surface area contributed by atoms with Crippen molar-refractivity contribution >= 4 is 0 Å². The third-order valence-corrected chi connectivity index (χ3v) is 1.85. The lowest BCUT2D eigenvalue weighted by Crippen LogP contribution is -2.33. The molecule has 2 atom stereocenters. The predicted octanol–water partition coefficient (Wildman–Crippen LogP) is 1.06. The fraction of sp³-hybridized carbons (Fsp3) is 1.00. The fourth-order valence-corrected chi connectivity index (χ4v) is 1.17. The van der Waals surface area contributed by atoms with Crippen LogP contribution in [0.25, 0.3) is 0 Å². The zero-order chi connectivity index (χ0) is 8.15. The zero-order valence-electron chi connectivity index (χ0n) is 7.59. The highest BCUT2D eigenvalue weighted by molar-refractivity contribution is 4.68. The summed E-state index contributed by atoms with van der Waals surface area (Å²) in [7, 11) is 4.22. The van der Waals surface area contributed by atoms with Gasteiger partial charge in [-0.25, -0.2) is 0 Å². The standard InChI is InChI=1S/C8H20N2/c1-5-8(10(3)4)6-7(2)9/h7-8H,5-6,9H2,1-4H3. The van der Waals surface area contributed by atoms with E-state index in [1.807, 2.05) is 0 Å². The van der Waals surface area contributed by atoms with E-state index in [-0.39, 0.29) is 0 Å². The molecule has 2 N–H and O–H groups in total. The maximum absolute atomic E-state index is 5.68. The first kappa shape index (κ1) is 9.92. The van der Waals surface area contributed by atoms with Gasteiger partial charge in [0.15, 0.2) is 0 Å². The highest BCUT2D eigenvalue weighted by Gasteiger charge is 2.09. The Morgan fingerprint density at radius 3 is 2.00 bits per heavy atom. The van der Waals surface area contributed by atoms with Crippen LogP contribution in [0.1, 0.15) is 26.7 Å². The van der Waals surface area contributed by atoms with Crippen molar-refractivity contribution in [1.29, 1.82) is 0 Å². The molecule has 0 aromatic heterocycles. The molecule has 2 nitrogen and oxygen atoms in total. The minimum absolute atomic E-state index is 0.326. The zero-order valence-corrected chi connectivity index (χ0v) is 7.59. The predicted molar refractivity (Wildman–Crippen MR) is 46.0 cm³/mol. The Hall–Kier alpha value is -0.0800. The maximum Gasteiger partial charge on any atom is 0.0101 e. The van der Waals surface area contributed by atoms with Gasteiger partial charge in [0, 0.05) is 12.1 Å². The van der Waals surface area contributed by atoms with Crippen LogP contribution in [-0.4, -0.2) is 31.1 Å². The average Bonchev–Trinajstić information content (AvgIpc) is 1.81. The Morgan fingerprint density at radius 1 is 1.40 bits per heavy atom. The van der Waals surface area contributed by atoms with Gasteiger partial charge < -0.3 is 10.6 Å². The van der Waals surface area contributed by atoms with E-state index in [0.29, 0.717) is 12.1 Å². The van der Waals surface area contributed by atoms with E-state index in [0.717, 1.165) is 6.42 Å². The Bertz CT molecular complexity index is 79.3. The molecule has 0 aliphatic heterocycles. The molecule has 2 heteroatoms. The number of hydrogen-bond acceptors (Lipinski definition) is 2. The van der Waals surface area contributed by atoms with Gasteiger partial charge in [-0.2, -0.15) is 0 Å². The molecule has 0 radical (unpaired) electrons. The van der Waals surface area contributed by atoms with E-state index in [4.69, 9.17) is 5.73 Å². The molecule has 0 aromatic rings. The summed E-state index contributed by atoms with van der Waals surface area (Å²) < 4.78 is 0. The van der Waals surface area contributed by atoms with Gasteiger partial charge >= 0.3 is 0 Å². The van der Waals surface area contributed by atoms with Crippen molar-refractivity contribution in [2.45, 2.75) is 38.8 Å². The molecule has 0 spiro atoms. The summed E-state index contributed by atoms with van der Waals surface area (Å²) in [5.74, 6) is 0. The van der Waals surface area contributed by atoms with Crippen molar-refractivity contribution in [3.05, 3.63) is 0 Å². The monoisotopic (exact) mass is 144 g/mol. The smallest absolute Gasteiger partial charge is 0.0101 e. The quantitative estimate of drug-likeness (QED) is 0.639. The molecule has 0 amide bonds. The van der Waals surface area contributed by atoms with Crippen LogP contribution in [0.4, 0.5) is 0 Å². The van der Waals surface area contributed by atoms with Gasteiger partial charge in [-0.3, -0.25) is 0 Å². The summed E-state index contributed by atoms with van der Waals surface area (Å²) in [5, 5.41) is 0. The topological polar surface area (TPSA) is 29.3 Å². The van der Waals surface area contributed by atoms with Gasteiger partial charge in [0.2, 0.25) is 0 Å². The van der Waals surface area contributed by atoms with Crippen LogP contribution in [0.2, 0.25) is 0 Å². The van der Waals surface area contributed by atoms with Crippen molar-refractivity contribution in [2.75, 3.05) is 14.1 Å². The van der Waals surface area contributed by atoms with Crippen molar-refractivity contribution in [3.8, 4) is 0 Å². The second kappa shape index (κ2) is 4.69. The molecule has 0 aliphatic carbocycles. The average molecular weight is 144 g/mol. The lowest BCUT2D eigenvalue weighted by Gasteiger charge is -2.24. The highest BCUT2D eigenvalue weighted by Crippen LogP contribution is 2.05. The first-order valence-electron chi connectivity index (χ1n) is 4.00. The second-order valence-electron chi connectivity index (χ2n) is 3.24. The van der Waals surface area contributed by atoms with E-state index in [9.17, 15) is 0 Å². The van der Waals surface area contributed by atoms with E-state index in [2.05, 4.69) is 32.8 Å². The molecule has 0 rings (SSSR count). The van der Waals surface area contributed by atoms with Gasteiger partial charge in [-0.15, -0.1) is 0 Å². The van der Waals surface area contributed by atoms with E-state index in [1.165, 1.54) is 6.42 Å². The summed E-state index contributed by atoms with van der Waals surface area (Å²) in [6.45, 7) is 4.26. The Balaban J connectivity index is 3.60. The van der Waals surface area contributed by atoms with Gasteiger partial charge in [0.25, 0.3) is 0 Å². The van der Waals surface area contributed by atoms with E-state index >= 15 is 0 Å². The molecule has 10 heavy (non-hydrogen) atoms. The molecule has 0 bridgehead atoms. The summed E-state index contributed by atoms with van der Waals surface area (Å²) in [5.41, 5.74) is 5.68. The first-order chi connectivity index (χ1) is 4.57. The summed E-state index contributed by atoms with van der Waals surface area (Å²) in [4.78, 5) is 2.24. The molecule has 2 unspecified atom stereocenters. The van der Waals surface area contributed by atoms with Crippen molar-refractivity contribution in [3.63, 3.8) is 0 Å². The summed E-state index contributed by atoms with van der Waals surface area (Å²) in [6, 6.07) is 0.979. The van der Waals surface area contributed by atoms with Crippen LogP contribution < -0.4 is 5.73 Å². The van der Waals surface area contributed by atoms with Crippen molar-refractivity contribution in [2.24, 2.45) is 5.73 Å². The first-order valence-corrected chi connectivity index (χ1v) is 4.00. The minimum Gasteiger partial charge on any atom is -0.328 e. The SMILES string of the molecule is CCC(CC(C)N)N(C)C. The van der Waals surface area contributed by atoms with E-state index in [1.54, 1.807) is 0 Å². The van der Waals surface area contributed by atoms with Crippen LogP contribution in [0.3, 0.4) is 0 Å². The third-order valence-electron chi connectivity index (χ3n) is 1.85. The number of nitrogens with two attached hydrogens (primary N) is 1. The number of rotatable bonds is 4. The summed E-state index contributed by atoms with van der Waals surface area (Å²) >= 11 is 0. The molecule has 0 aromatic carbocycles. The third kappa shape index (κ3) is 3.85. The van der Waals surface area contributed by atoms with Crippen LogP contribution in [-0.2, 0) is 0 Å². The van der Waals surface area contributed by atoms with Gasteiger partial charge in [0.05, 0.1) is 0 Å². The molecule has 0 aliphatic rings. The Kier molecular flexibility index (Phi) is 4.65. The Labute approximate surface area is 64.4 Å². The van der Waals surface area contributed by atoms with E-state index < -0.39 is 0 Å². The lowest BCUT2D eigenvalue weighted by molar-refractivity contribution is 0.260. The van der Waals surface area contributed by atoms with Crippen LogP contribution in [0.5, 0.6) is 0 Å². The van der Waals surface area contributed by atoms with Gasteiger partial charge in [-0.1, -0.05) is 6.92 Å². The maximum atomic E-state index is 5.68. The number of hydrogen-bond donors (Lipinski definition) is 1. The molecular weight excluding hydrogens is 124 g/mol. The molecule has 0 heterocycles. The number of nitrogens with zero attached hydrogens (tertiary/aromatic N) is 1. The molecule has 62 valence electrons. The van der Waals surface area contributed by atoms with Gasteiger partial charge in [0.1, 0.15) is 0 Å².